The van der Waals surface area contributed by atoms with Crippen molar-refractivity contribution in [2.24, 2.45) is 5.92 Å². The van der Waals surface area contributed by atoms with Crippen molar-refractivity contribution in [2.45, 2.75) is 39.5 Å². The van der Waals surface area contributed by atoms with E-state index >= 15 is 0 Å². The van der Waals surface area contributed by atoms with E-state index in [1.54, 1.807) is 0 Å². The molecule has 0 aromatic carbocycles. The maximum absolute atomic E-state index is 4.43. The first-order valence-electron chi connectivity index (χ1n) is 8.84. The van der Waals surface area contributed by atoms with Crippen LogP contribution in [0.3, 0.4) is 0 Å². The fourth-order valence-electron chi connectivity index (χ4n) is 3.56. The Balaban J connectivity index is 1.32. The zero-order valence-corrected chi connectivity index (χ0v) is 14.4. The molecule has 0 saturated carbocycles. The Bertz CT molecular complexity index is 718. The van der Waals surface area contributed by atoms with Gasteiger partial charge in [0.15, 0.2) is 5.82 Å². The van der Waals surface area contributed by atoms with Crippen LogP contribution < -0.4 is 10.2 Å². The molecule has 1 fully saturated rings. The molecule has 2 aliphatic rings. The lowest BCUT2D eigenvalue weighted by molar-refractivity contribution is 0.424. The van der Waals surface area contributed by atoms with E-state index in [-0.39, 0.29) is 0 Å². The molecule has 1 aliphatic carbocycles. The molecule has 2 aromatic heterocycles. The summed E-state index contributed by atoms with van der Waals surface area (Å²) in [5.74, 6) is 2.38. The largest absolute Gasteiger partial charge is 0.354 e. The summed E-state index contributed by atoms with van der Waals surface area (Å²) in [4.78, 5) is 11.2. The predicted octanol–water partition coefficient (Wildman–Crippen LogP) is 2.31. The molecule has 1 saturated heterocycles. The molecule has 3 heterocycles. The molecule has 6 heteroatoms. The Kier molecular flexibility index (Phi) is 4.04. The van der Waals surface area contributed by atoms with Gasteiger partial charge in [-0.1, -0.05) is 0 Å². The van der Waals surface area contributed by atoms with Crippen molar-refractivity contribution in [1.29, 1.82) is 0 Å². The highest BCUT2D eigenvalue weighted by molar-refractivity contribution is 5.45. The molecule has 0 atom stereocenters. The molecule has 24 heavy (non-hydrogen) atoms. The molecule has 2 aromatic rings. The van der Waals surface area contributed by atoms with Gasteiger partial charge in [0.25, 0.3) is 0 Å². The Morgan fingerprint density at radius 2 is 1.79 bits per heavy atom. The average Bonchev–Trinajstić information content (AvgIpc) is 2.52. The van der Waals surface area contributed by atoms with Gasteiger partial charge in [-0.2, -0.15) is 5.10 Å². The molecule has 126 valence electrons. The summed E-state index contributed by atoms with van der Waals surface area (Å²) < 4.78 is 0. The maximum atomic E-state index is 4.43. The monoisotopic (exact) mass is 324 g/mol. The van der Waals surface area contributed by atoms with Crippen molar-refractivity contribution in [3.05, 3.63) is 34.8 Å². The van der Waals surface area contributed by atoms with Gasteiger partial charge in [0.1, 0.15) is 0 Å². The molecule has 0 radical (unpaired) electrons. The van der Waals surface area contributed by atoms with Crippen molar-refractivity contribution in [1.82, 2.24) is 20.2 Å². The number of aryl methyl sites for hydroxylation is 4. The van der Waals surface area contributed by atoms with Crippen LogP contribution in [0, 0.1) is 19.8 Å². The van der Waals surface area contributed by atoms with Crippen LogP contribution in [0.2, 0.25) is 0 Å². The molecule has 0 bridgehead atoms. The van der Waals surface area contributed by atoms with Crippen LogP contribution in [0.5, 0.6) is 0 Å². The van der Waals surface area contributed by atoms with Crippen LogP contribution >= 0.6 is 0 Å². The zero-order valence-electron chi connectivity index (χ0n) is 14.4. The van der Waals surface area contributed by atoms with Gasteiger partial charge in [0.2, 0.25) is 5.95 Å². The van der Waals surface area contributed by atoms with Crippen molar-refractivity contribution >= 4 is 11.8 Å². The Labute approximate surface area is 142 Å². The lowest BCUT2D eigenvalue weighted by Crippen LogP contribution is -2.50. The zero-order chi connectivity index (χ0) is 16.5. The van der Waals surface area contributed by atoms with Crippen LogP contribution in [-0.4, -0.2) is 39.8 Å². The van der Waals surface area contributed by atoms with E-state index in [0.717, 1.165) is 55.6 Å². The lowest BCUT2D eigenvalue weighted by atomic mass is 9.95. The number of hydrogen-bond donors (Lipinski definition) is 1. The van der Waals surface area contributed by atoms with Crippen LogP contribution in [0.4, 0.5) is 11.8 Å². The molecule has 4 rings (SSSR count). The quantitative estimate of drug-likeness (QED) is 0.931. The molecule has 0 spiro atoms. The standard InChI is InChI=1S/C18H24N6/c1-12-7-13(2)21-18(20-12)19-9-14-10-24(11-14)17-8-15-5-3-4-6-16(15)22-23-17/h7-8,14H,3-6,9-11H2,1-2H3,(H,19,20,21). The van der Waals surface area contributed by atoms with Gasteiger partial charge >= 0.3 is 0 Å². The number of nitrogens with one attached hydrogen (secondary N) is 1. The molecular formula is C18H24N6. The number of aromatic nitrogens is 4. The van der Waals surface area contributed by atoms with Crippen LogP contribution in [0.15, 0.2) is 12.1 Å². The van der Waals surface area contributed by atoms with E-state index in [2.05, 4.69) is 36.4 Å². The smallest absolute Gasteiger partial charge is 0.223 e. The normalized spacial score (nSPS) is 17.3. The van der Waals surface area contributed by atoms with Crippen molar-refractivity contribution in [3.63, 3.8) is 0 Å². The van der Waals surface area contributed by atoms with E-state index in [1.165, 1.54) is 24.1 Å². The summed E-state index contributed by atoms with van der Waals surface area (Å²) in [6.45, 7) is 6.94. The van der Waals surface area contributed by atoms with E-state index in [9.17, 15) is 0 Å². The first-order chi connectivity index (χ1) is 11.7. The minimum atomic E-state index is 0.604. The molecular weight excluding hydrogens is 300 g/mol. The Morgan fingerprint density at radius 3 is 2.58 bits per heavy atom. The second-order valence-corrected chi connectivity index (χ2v) is 7.01. The van der Waals surface area contributed by atoms with E-state index in [4.69, 9.17) is 0 Å². The molecule has 1 N–H and O–H groups in total. The lowest BCUT2D eigenvalue weighted by Gasteiger charge is -2.40. The highest BCUT2D eigenvalue weighted by atomic mass is 15.3. The summed E-state index contributed by atoms with van der Waals surface area (Å²) in [5, 5.41) is 12.2. The van der Waals surface area contributed by atoms with E-state index < -0.39 is 0 Å². The summed E-state index contributed by atoms with van der Waals surface area (Å²) >= 11 is 0. The second-order valence-electron chi connectivity index (χ2n) is 7.01. The minimum Gasteiger partial charge on any atom is -0.354 e. The van der Waals surface area contributed by atoms with Crippen molar-refractivity contribution in [2.75, 3.05) is 29.9 Å². The summed E-state index contributed by atoms with van der Waals surface area (Å²) in [5.41, 5.74) is 4.61. The molecule has 1 aliphatic heterocycles. The van der Waals surface area contributed by atoms with E-state index in [1.807, 2.05) is 19.9 Å². The third-order valence-electron chi connectivity index (χ3n) is 4.87. The number of hydrogen-bond acceptors (Lipinski definition) is 6. The minimum absolute atomic E-state index is 0.604. The van der Waals surface area contributed by atoms with Crippen molar-refractivity contribution in [3.8, 4) is 0 Å². The predicted molar refractivity (Wildman–Crippen MR) is 94.4 cm³/mol. The summed E-state index contributed by atoms with van der Waals surface area (Å²) in [6, 6.07) is 4.24. The summed E-state index contributed by atoms with van der Waals surface area (Å²) in [6.07, 6.45) is 4.77. The Hall–Kier alpha value is -2.24. The third-order valence-corrected chi connectivity index (χ3v) is 4.87. The van der Waals surface area contributed by atoms with Crippen LogP contribution in [0.1, 0.15) is 35.5 Å². The van der Waals surface area contributed by atoms with Gasteiger partial charge in [-0.15, -0.1) is 5.10 Å². The SMILES string of the molecule is Cc1cc(C)nc(NCC2CN(c3cc4c(nn3)CCCC4)C2)n1. The van der Waals surface area contributed by atoms with Gasteiger partial charge in [-0.05, 0) is 57.2 Å². The fraction of sp³-hybridized carbons (Fsp3) is 0.556. The topological polar surface area (TPSA) is 66.8 Å². The van der Waals surface area contributed by atoms with E-state index in [0.29, 0.717) is 5.92 Å². The van der Waals surface area contributed by atoms with Gasteiger partial charge in [-0.3, -0.25) is 0 Å². The van der Waals surface area contributed by atoms with Crippen molar-refractivity contribution < 1.29 is 0 Å². The van der Waals surface area contributed by atoms with Gasteiger partial charge in [-0.25, -0.2) is 9.97 Å². The number of fused-ring (bicyclic) bond motifs is 1. The maximum Gasteiger partial charge on any atom is 0.223 e. The molecule has 0 amide bonds. The first kappa shape index (κ1) is 15.3. The average molecular weight is 324 g/mol. The van der Waals surface area contributed by atoms with Gasteiger partial charge in [0.05, 0.1) is 5.69 Å². The van der Waals surface area contributed by atoms with Gasteiger partial charge < -0.3 is 10.2 Å². The third kappa shape index (κ3) is 3.18. The first-order valence-corrected chi connectivity index (χ1v) is 8.84. The number of rotatable bonds is 4. The Morgan fingerprint density at radius 1 is 1.04 bits per heavy atom. The fourth-order valence-corrected chi connectivity index (χ4v) is 3.56. The second kappa shape index (κ2) is 6.34. The number of anilines is 2. The van der Waals surface area contributed by atoms with Crippen LogP contribution in [0.25, 0.3) is 0 Å². The highest BCUT2D eigenvalue weighted by Gasteiger charge is 2.28. The molecule has 0 unspecified atom stereocenters. The molecule has 6 nitrogen and oxygen atoms in total. The number of nitrogens with zero attached hydrogens (tertiary/aromatic N) is 5. The highest BCUT2D eigenvalue weighted by Crippen LogP contribution is 2.26. The van der Waals surface area contributed by atoms with Crippen LogP contribution in [-0.2, 0) is 12.8 Å². The summed E-state index contributed by atoms with van der Waals surface area (Å²) in [7, 11) is 0. The van der Waals surface area contributed by atoms with Gasteiger partial charge in [0, 0.05) is 36.9 Å².